The van der Waals surface area contributed by atoms with Crippen molar-refractivity contribution in [3.63, 3.8) is 0 Å². The largest absolute Gasteiger partial charge is 0.379 e. The molecule has 1 aromatic rings. The average Bonchev–Trinajstić information content (AvgIpc) is 3.18. The number of hydrogen-bond donors (Lipinski definition) is 1. The van der Waals surface area contributed by atoms with Gasteiger partial charge in [0.25, 0.3) is 5.91 Å². The maximum atomic E-state index is 12.7. The second kappa shape index (κ2) is 6.88. The first-order valence-corrected chi connectivity index (χ1v) is 10.2. The zero-order chi connectivity index (χ0) is 16.4. The highest BCUT2D eigenvalue weighted by atomic mass is 32.2. The van der Waals surface area contributed by atoms with E-state index in [2.05, 4.69) is 5.32 Å². The molecule has 0 bridgehead atoms. The SMILES string of the molecule is Cc1sc(C(=O)NC2CCCC2)cc1S(=O)(=O)N1CCOCC1. The lowest BCUT2D eigenvalue weighted by atomic mass is 10.2. The molecule has 23 heavy (non-hydrogen) atoms. The highest BCUT2D eigenvalue weighted by Gasteiger charge is 2.30. The molecule has 0 unspecified atom stereocenters. The maximum absolute atomic E-state index is 12.7. The molecule has 1 saturated carbocycles. The van der Waals surface area contributed by atoms with Crippen LogP contribution in [0, 0.1) is 6.92 Å². The Kier molecular flexibility index (Phi) is 5.05. The van der Waals surface area contributed by atoms with Crippen LogP contribution in [0.5, 0.6) is 0 Å². The highest BCUT2D eigenvalue weighted by Crippen LogP contribution is 2.29. The summed E-state index contributed by atoms with van der Waals surface area (Å²) in [6.07, 6.45) is 4.31. The van der Waals surface area contributed by atoms with Gasteiger partial charge in [-0.15, -0.1) is 11.3 Å². The molecule has 0 spiro atoms. The number of morpholine rings is 1. The zero-order valence-corrected chi connectivity index (χ0v) is 14.8. The van der Waals surface area contributed by atoms with Gasteiger partial charge < -0.3 is 10.1 Å². The fraction of sp³-hybridized carbons (Fsp3) is 0.667. The van der Waals surface area contributed by atoms with Crippen molar-refractivity contribution in [1.29, 1.82) is 0 Å². The number of sulfonamides is 1. The van der Waals surface area contributed by atoms with Crippen molar-refractivity contribution >= 4 is 27.3 Å². The van der Waals surface area contributed by atoms with E-state index in [1.807, 2.05) is 0 Å². The van der Waals surface area contributed by atoms with E-state index in [0.29, 0.717) is 36.1 Å². The lowest BCUT2D eigenvalue weighted by Crippen LogP contribution is -2.40. The first kappa shape index (κ1) is 16.9. The van der Waals surface area contributed by atoms with Crippen LogP contribution in [-0.2, 0) is 14.8 Å². The summed E-state index contributed by atoms with van der Waals surface area (Å²) < 4.78 is 32.1. The molecule has 0 aromatic carbocycles. The van der Waals surface area contributed by atoms with Gasteiger partial charge in [-0.25, -0.2) is 8.42 Å². The first-order chi connectivity index (χ1) is 11.0. The lowest BCUT2D eigenvalue weighted by molar-refractivity contribution is 0.0730. The van der Waals surface area contributed by atoms with Crippen LogP contribution >= 0.6 is 11.3 Å². The van der Waals surface area contributed by atoms with Gasteiger partial charge in [-0.2, -0.15) is 4.31 Å². The summed E-state index contributed by atoms with van der Waals surface area (Å²) >= 11 is 1.25. The molecule has 3 rings (SSSR count). The van der Waals surface area contributed by atoms with E-state index in [0.717, 1.165) is 25.7 Å². The second-order valence-electron chi connectivity index (χ2n) is 6.00. The Morgan fingerprint density at radius 2 is 1.96 bits per heavy atom. The minimum atomic E-state index is -3.55. The summed E-state index contributed by atoms with van der Waals surface area (Å²) in [6.45, 7) is 3.31. The fourth-order valence-electron chi connectivity index (χ4n) is 3.09. The van der Waals surface area contributed by atoms with E-state index in [1.165, 1.54) is 21.7 Å². The van der Waals surface area contributed by atoms with Crippen LogP contribution in [0.2, 0.25) is 0 Å². The van der Waals surface area contributed by atoms with Crippen LogP contribution in [0.15, 0.2) is 11.0 Å². The van der Waals surface area contributed by atoms with E-state index in [9.17, 15) is 13.2 Å². The number of hydrogen-bond acceptors (Lipinski definition) is 5. The normalized spacial score (nSPS) is 20.7. The molecule has 6 nitrogen and oxygen atoms in total. The van der Waals surface area contributed by atoms with Crippen molar-refractivity contribution in [3.05, 3.63) is 15.8 Å². The molecule has 1 aromatic heterocycles. The van der Waals surface area contributed by atoms with Crippen molar-refractivity contribution in [1.82, 2.24) is 9.62 Å². The number of thiophene rings is 1. The van der Waals surface area contributed by atoms with Gasteiger partial charge in [-0.1, -0.05) is 12.8 Å². The minimum Gasteiger partial charge on any atom is -0.379 e. The standard InChI is InChI=1S/C15H22N2O4S2/c1-11-14(23(19,20)17-6-8-21-9-7-17)10-13(22-11)15(18)16-12-4-2-3-5-12/h10,12H,2-9H2,1H3,(H,16,18). The third-order valence-corrected chi connectivity index (χ3v) is 7.58. The summed E-state index contributed by atoms with van der Waals surface area (Å²) in [5.41, 5.74) is 0. The number of carbonyl (C=O) groups is 1. The van der Waals surface area contributed by atoms with Gasteiger partial charge in [0, 0.05) is 24.0 Å². The van der Waals surface area contributed by atoms with E-state index in [4.69, 9.17) is 4.74 Å². The number of amides is 1. The smallest absolute Gasteiger partial charge is 0.261 e. The van der Waals surface area contributed by atoms with E-state index in [1.54, 1.807) is 6.92 Å². The fourth-order valence-corrected chi connectivity index (χ4v) is 5.96. The number of aryl methyl sites for hydroxylation is 1. The predicted molar refractivity (Wildman–Crippen MR) is 88.4 cm³/mol. The van der Waals surface area contributed by atoms with Gasteiger partial charge in [0.15, 0.2) is 0 Å². The Bertz CT molecular complexity index is 672. The van der Waals surface area contributed by atoms with Crippen molar-refractivity contribution in [2.45, 2.75) is 43.5 Å². The van der Waals surface area contributed by atoms with Gasteiger partial charge in [-0.05, 0) is 25.8 Å². The molecule has 8 heteroatoms. The van der Waals surface area contributed by atoms with Crippen molar-refractivity contribution < 1.29 is 17.9 Å². The van der Waals surface area contributed by atoms with Gasteiger partial charge in [-0.3, -0.25) is 4.79 Å². The number of rotatable bonds is 4. The van der Waals surface area contributed by atoms with E-state index < -0.39 is 10.0 Å². The maximum Gasteiger partial charge on any atom is 0.261 e. The number of nitrogens with one attached hydrogen (secondary N) is 1. The Morgan fingerprint density at radius 3 is 2.61 bits per heavy atom. The molecule has 1 saturated heterocycles. The van der Waals surface area contributed by atoms with Gasteiger partial charge in [0.05, 0.1) is 23.0 Å². The third kappa shape index (κ3) is 3.60. The number of nitrogens with zero attached hydrogens (tertiary/aromatic N) is 1. The topological polar surface area (TPSA) is 75.7 Å². The highest BCUT2D eigenvalue weighted by molar-refractivity contribution is 7.89. The Labute approximate surface area is 140 Å². The molecule has 1 aliphatic carbocycles. The lowest BCUT2D eigenvalue weighted by Gasteiger charge is -2.25. The predicted octanol–water partition coefficient (Wildman–Crippen LogP) is 1.75. The molecule has 1 aliphatic heterocycles. The van der Waals surface area contributed by atoms with Crippen LogP contribution in [-0.4, -0.2) is 51.0 Å². The van der Waals surface area contributed by atoms with E-state index >= 15 is 0 Å². The summed E-state index contributed by atoms with van der Waals surface area (Å²) in [5, 5.41) is 3.01. The number of carbonyl (C=O) groups excluding carboxylic acids is 1. The van der Waals surface area contributed by atoms with Crippen LogP contribution in [0.3, 0.4) is 0 Å². The third-order valence-electron chi connectivity index (χ3n) is 4.37. The Hall–Kier alpha value is -0.960. The number of ether oxygens (including phenoxy) is 1. The molecule has 2 fully saturated rings. The van der Waals surface area contributed by atoms with E-state index in [-0.39, 0.29) is 16.8 Å². The van der Waals surface area contributed by atoms with Crippen LogP contribution in [0.25, 0.3) is 0 Å². The van der Waals surface area contributed by atoms with Crippen LogP contribution in [0.4, 0.5) is 0 Å². The van der Waals surface area contributed by atoms with Gasteiger partial charge in [0.2, 0.25) is 10.0 Å². The summed E-state index contributed by atoms with van der Waals surface area (Å²) in [7, 11) is -3.55. The minimum absolute atomic E-state index is 0.159. The van der Waals surface area contributed by atoms with Crippen molar-refractivity contribution in [2.24, 2.45) is 0 Å². The monoisotopic (exact) mass is 358 g/mol. The quantitative estimate of drug-likeness (QED) is 0.890. The molecule has 128 valence electrons. The zero-order valence-electron chi connectivity index (χ0n) is 13.2. The Morgan fingerprint density at radius 1 is 1.30 bits per heavy atom. The first-order valence-electron chi connectivity index (χ1n) is 7.97. The van der Waals surface area contributed by atoms with Gasteiger partial charge in [0.1, 0.15) is 0 Å². The summed E-state index contributed by atoms with van der Waals surface area (Å²) in [6, 6.07) is 1.75. The van der Waals surface area contributed by atoms with Crippen LogP contribution in [0.1, 0.15) is 40.2 Å². The molecule has 2 aliphatic rings. The van der Waals surface area contributed by atoms with Crippen LogP contribution < -0.4 is 5.32 Å². The molecule has 1 amide bonds. The van der Waals surface area contributed by atoms with Crippen molar-refractivity contribution in [3.8, 4) is 0 Å². The molecule has 1 N–H and O–H groups in total. The second-order valence-corrected chi connectivity index (χ2v) is 9.17. The molecule has 2 heterocycles. The summed E-state index contributed by atoms with van der Waals surface area (Å²) in [4.78, 5) is 13.7. The summed E-state index contributed by atoms with van der Waals surface area (Å²) in [5.74, 6) is -0.159. The average molecular weight is 358 g/mol. The Balaban J connectivity index is 1.78. The molecule has 0 radical (unpaired) electrons. The molecule has 0 atom stereocenters. The molecular weight excluding hydrogens is 336 g/mol. The van der Waals surface area contributed by atoms with Gasteiger partial charge >= 0.3 is 0 Å². The van der Waals surface area contributed by atoms with Crippen molar-refractivity contribution in [2.75, 3.05) is 26.3 Å². The molecular formula is C15H22N2O4S2.